The molecule has 50 valence electrons. The van der Waals surface area contributed by atoms with Gasteiger partial charge in [0.25, 0.3) is 0 Å². The molecule has 0 aromatic heterocycles. The van der Waals surface area contributed by atoms with E-state index in [9.17, 15) is 4.79 Å². The molecule has 1 atom stereocenters. The SMILES string of the molecule is O=C(O)S1=CC=COC1. The Morgan fingerprint density at radius 1 is 1.78 bits per heavy atom. The number of hydrogen-bond donors (Lipinski definition) is 1. The van der Waals surface area contributed by atoms with Crippen LogP contribution in [-0.4, -0.2) is 21.7 Å². The summed E-state index contributed by atoms with van der Waals surface area (Å²) in [6.07, 6.45) is 3.10. The zero-order valence-electron chi connectivity index (χ0n) is 4.61. The van der Waals surface area contributed by atoms with Gasteiger partial charge in [0.1, 0.15) is 5.94 Å². The first-order chi connectivity index (χ1) is 4.30. The highest BCUT2D eigenvalue weighted by Crippen LogP contribution is 2.15. The molecule has 3 nitrogen and oxygen atoms in total. The second kappa shape index (κ2) is 2.68. The van der Waals surface area contributed by atoms with E-state index in [1.807, 2.05) is 0 Å². The van der Waals surface area contributed by atoms with E-state index < -0.39 is 15.8 Å². The van der Waals surface area contributed by atoms with Crippen LogP contribution in [0, 0.1) is 0 Å². The summed E-state index contributed by atoms with van der Waals surface area (Å²) in [6, 6.07) is 0. The average molecular weight is 146 g/mol. The van der Waals surface area contributed by atoms with Crippen molar-refractivity contribution in [3.05, 3.63) is 12.3 Å². The Morgan fingerprint density at radius 3 is 2.89 bits per heavy atom. The molecule has 0 aromatic carbocycles. The van der Waals surface area contributed by atoms with Crippen LogP contribution < -0.4 is 0 Å². The van der Waals surface area contributed by atoms with Crippen LogP contribution >= 0.6 is 10.5 Å². The average Bonchev–Trinajstić information content (AvgIpc) is 1.90. The van der Waals surface area contributed by atoms with Crippen molar-refractivity contribution in [2.75, 3.05) is 5.94 Å². The lowest BCUT2D eigenvalue weighted by atomic mass is 10.7. The first-order valence-electron chi connectivity index (χ1n) is 2.35. The van der Waals surface area contributed by atoms with Gasteiger partial charge in [0.05, 0.1) is 6.26 Å². The Bertz CT molecular complexity index is 183. The summed E-state index contributed by atoms with van der Waals surface area (Å²) < 4.78 is 4.76. The molecule has 0 spiro atoms. The maximum atomic E-state index is 10.2. The second-order valence-electron chi connectivity index (χ2n) is 1.44. The fraction of sp³-hybridized carbons (Fsp3) is 0.200. The zero-order chi connectivity index (χ0) is 6.69. The van der Waals surface area contributed by atoms with Gasteiger partial charge in [0, 0.05) is 0 Å². The first kappa shape index (κ1) is 6.35. The molecule has 1 N–H and O–H groups in total. The molecule has 0 saturated heterocycles. The highest BCUT2D eigenvalue weighted by Gasteiger charge is 2.04. The van der Waals surface area contributed by atoms with Gasteiger partial charge in [0.15, 0.2) is 0 Å². The third-order valence-electron chi connectivity index (χ3n) is 0.837. The summed E-state index contributed by atoms with van der Waals surface area (Å²) >= 11 is 0. The number of hydrogen-bond acceptors (Lipinski definition) is 2. The zero-order valence-corrected chi connectivity index (χ0v) is 5.43. The number of allylic oxidation sites excluding steroid dienone is 1. The molecule has 0 aliphatic carbocycles. The summed E-state index contributed by atoms with van der Waals surface area (Å²) in [5.74, 6) is 0.284. The maximum Gasteiger partial charge on any atom is 0.362 e. The fourth-order valence-electron chi connectivity index (χ4n) is 0.443. The van der Waals surface area contributed by atoms with E-state index in [0.29, 0.717) is 0 Å². The van der Waals surface area contributed by atoms with E-state index in [1.54, 1.807) is 11.4 Å². The molecule has 0 bridgehead atoms. The Hall–Kier alpha value is -0.770. The second-order valence-corrected chi connectivity index (χ2v) is 3.16. The molecule has 0 fully saturated rings. The van der Waals surface area contributed by atoms with E-state index in [0.717, 1.165) is 0 Å². The molecule has 0 amide bonds. The highest BCUT2D eigenvalue weighted by atomic mass is 32.2. The van der Waals surface area contributed by atoms with Crippen LogP contribution in [0.5, 0.6) is 0 Å². The van der Waals surface area contributed by atoms with Gasteiger partial charge in [-0.25, -0.2) is 4.79 Å². The fourth-order valence-corrected chi connectivity index (χ4v) is 1.22. The van der Waals surface area contributed by atoms with Gasteiger partial charge >= 0.3 is 5.30 Å². The molecule has 9 heavy (non-hydrogen) atoms. The molecule has 0 saturated carbocycles. The number of rotatable bonds is 0. The van der Waals surface area contributed by atoms with Gasteiger partial charge in [-0.2, -0.15) is 0 Å². The number of carbonyl (C=O) groups is 1. The normalized spacial score (nSPS) is 24.2. The van der Waals surface area contributed by atoms with Gasteiger partial charge in [-0.3, -0.25) is 0 Å². The van der Waals surface area contributed by atoms with Crippen LogP contribution in [0.15, 0.2) is 12.3 Å². The van der Waals surface area contributed by atoms with E-state index in [2.05, 4.69) is 0 Å². The lowest BCUT2D eigenvalue weighted by Crippen LogP contribution is -1.98. The molecule has 0 aromatic rings. The van der Waals surface area contributed by atoms with Crippen LogP contribution in [0.3, 0.4) is 0 Å². The Kier molecular flexibility index (Phi) is 1.89. The minimum atomic E-state index is -0.806. The van der Waals surface area contributed by atoms with Crippen LogP contribution in [0.4, 0.5) is 4.79 Å². The van der Waals surface area contributed by atoms with Crippen molar-refractivity contribution in [2.45, 2.75) is 0 Å². The quantitative estimate of drug-likeness (QED) is 0.523. The van der Waals surface area contributed by atoms with E-state index >= 15 is 0 Å². The molecule has 1 aliphatic rings. The van der Waals surface area contributed by atoms with Crippen molar-refractivity contribution >= 4 is 21.2 Å². The van der Waals surface area contributed by atoms with Gasteiger partial charge < -0.3 is 9.84 Å². The first-order valence-corrected chi connectivity index (χ1v) is 3.80. The predicted molar refractivity (Wildman–Crippen MR) is 36.8 cm³/mol. The Labute approximate surface area is 54.9 Å². The van der Waals surface area contributed by atoms with Crippen LogP contribution in [-0.2, 0) is 4.74 Å². The maximum absolute atomic E-state index is 10.2. The predicted octanol–water partition coefficient (Wildman–Crippen LogP) is 1.24. The standard InChI is InChI=1S/C5H6O3S/c6-5(7)9-3-1-2-8-4-9/h1-3H,4H2,(H,6,7). The molecular weight excluding hydrogens is 140 g/mol. The van der Waals surface area contributed by atoms with E-state index in [4.69, 9.17) is 9.84 Å². The topological polar surface area (TPSA) is 46.5 Å². The monoisotopic (exact) mass is 146 g/mol. The lowest BCUT2D eigenvalue weighted by molar-refractivity contribution is 0.221. The van der Waals surface area contributed by atoms with Crippen molar-refractivity contribution in [3.63, 3.8) is 0 Å². The molecular formula is C5H6O3S. The Morgan fingerprint density at radius 2 is 2.56 bits per heavy atom. The smallest absolute Gasteiger partial charge is 0.362 e. The highest BCUT2D eigenvalue weighted by molar-refractivity contribution is 8.27. The van der Waals surface area contributed by atoms with Crippen molar-refractivity contribution < 1.29 is 14.6 Å². The molecule has 1 unspecified atom stereocenters. The van der Waals surface area contributed by atoms with Crippen molar-refractivity contribution in [1.82, 2.24) is 0 Å². The number of carboxylic acid groups (broad SMARTS) is 1. The third-order valence-corrected chi connectivity index (χ3v) is 2.16. The van der Waals surface area contributed by atoms with Gasteiger partial charge in [-0.1, -0.05) is 0 Å². The Balaban J connectivity index is 2.68. The van der Waals surface area contributed by atoms with Crippen molar-refractivity contribution in [2.24, 2.45) is 0 Å². The largest absolute Gasteiger partial charge is 0.490 e. The van der Waals surface area contributed by atoms with Gasteiger partial charge in [-0.05, 0) is 21.9 Å². The lowest BCUT2D eigenvalue weighted by Gasteiger charge is -2.05. The van der Waals surface area contributed by atoms with Crippen molar-refractivity contribution in [1.29, 1.82) is 0 Å². The van der Waals surface area contributed by atoms with Gasteiger partial charge in [0.2, 0.25) is 0 Å². The number of ether oxygens (including phenoxy) is 1. The van der Waals surface area contributed by atoms with E-state index in [-0.39, 0.29) is 5.94 Å². The van der Waals surface area contributed by atoms with E-state index in [1.165, 1.54) is 6.26 Å². The summed E-state index contributed by atoms with van der Waals surface area (Å²) in [4.78, 5) is 10.2. The molecule has 1 aliphatic heterocycles. The molecule has 1 rings (SSSR count). The van der Waals surface area contributed by atoms with Crippen molar-refractivity contribution in [3.8, 4) is 0 Å². The third kappa shape index (κ3) is 1.57. The molecule has 4 heteroatoms. The van der Waals surface area contributed by atoms with Gasteiger partial charge in [-0.15, -0.1) is 0 Å². The van der Waals surface area contributed by atoms with Crippen LogP contribution in [0.1, 0.15) is 0 Å². The summed E-state index contributed by atoms with van der Waals surface area (Å²) in [5, 5.41) is 9.23. The minimum Gasteiger partial charge on any atom is -0.490 e. The minimum absolute atomic E-state index is 0.284. The summed E-state index contributed by atoms with van der Waals surface area (Å²) in [7, 11) is -0.714. The van der Waals surface area contributed by atoms with Crippen LogP contribution in [0.25, 0.3) is 0 Å². The molecule has 0 radical (unpaired) electrons. The summed E-state index contributed by atoms with van der Waals surface area (Å²) in [5.41, 5.74) is 0. The summed E-state index contributed by atoms with van der Waals surface area (Å²) in [6.45, 7) is 0. The van der Waals surface area contributed by atoms with Crippen LogP contribution in [0.2, 0.25) is 0 Å². The molecule has 1 heterocycles.